The lowest BCUT2D eigenvalue weighted by atomic mass is 10.0. The zero-order chi connectivity index (χ0) is 16.5. The molecule has 0 unspecified atom stereocenters. The molecular formula is C19H23N3O. The number of hydrogen-bond donors (Lipinski definition) is 2. The molecule has 0 aliphatic rings. The molecule has 2 rings (SSSR count). The van der Waals surface area contributed by atoms with E-state index in [2.05, 4.69) is 17.5 Å². The number of amides is 1. The smallest absolute Gasteiger partial charge is 0.271 e. The van der Waals surface area contributed by atoms with Gasteiger partial charge in [0.2, 0.25) is 0 Å². The Hall–Kier alpha value is -2.62. The summed E-state index contributed by atoms with van der Waals surface area (Å²) in [6.45, 7) is 2.17. The summed E-state index contributed by atoms with van der Waals surface area (Å²) in [6, 6.07) is 16.8. The Bertz CT molecular complexity index is 648. The van der Waals surface area contributed by atoms with Crippen LogP contribution in [0.2, 0.25) is 0 Å². The number of carbonyl (C=O) groups is 1. The van der Waals surface area contributed by atoms with E-state index in [9.17, 15) is 4.79 Å². The van der Waals surface area contributed by atoms with Crippen LogP contribution >= 0.6 is 0 Å². The fraction of sp³-hybridized carbons (Fsp3) is 0.263. The molecule has 0 radical (unpaired) electrons. The van der Waals surface area contributed by atoms with Crippen molar-refractivity contribution in [3.05, 3.63) is 65.7 Å². The van der Waals surface area contributed by atoms with E-state index >= 15 is 0 Å². The van der Waals surface area contributed by atoms with Gasteiger partial charge in [-0.25, -0.2) is 5.43 Å². The highest BCUT2D eigenvalue weighted by atomic mass is 16.2. The minimum Gasteiger partial charge on any atom is -0.399 e. The highest BCUT2D eigenvalue weighted by Crippen LogP contribution is 2.10. The number of nitrogens with one attached hydrogen (secondary N) is 1. The molecular weight excluding hydrogens is 286 g/mol. The third kappa shape index (κ3) is 5.25. The second-order valence-electron chi connectivity index (χ2n) is 5.44. The van der Waals surface area contributed by atoms with E-state index in [4.69, 9.17) is 5.73 Å². The van der Waals surface area contributed by atoms with Crippen molar-refractivity contribution >= 4 is 17.3 Å². The molecule has 0 heterocycles. The highest BCUT2D eigenvalue weighted by molar-refractivity contribution is 6.02. The molecule has 23 heavy (non-hydrogen) atoms. The number of rotatable bonds is 7. The van der Waals surface area contributed by atoms with Crippen molar-refractivity contribution in [1.82, 2.24) is 5.43 Å². The maximum atomic E-state index is 12.2. The average Bonchev–Trinajstić information content (AvgIpc) is 2.59. The van der Waals surface area contributed by atoms with Crippen LogP contribution in [0, 0.1) is 0 Å². The van der Waals surface area contributed by atoms with Crippen LogP contribution in [0.1, 0.15) is 48.5 Å². The van der Waals surface area contributed by atoms with Crippen molar-refractivity contribution in [3.8, 4) is 0 Å². The summed E-state index contributed by atoms with van der Waals surface area (Å²) in [6.07, 6.45) is 4.21. The lowest BCUT2D eigenvalue weighted by Gasteiger charge is -2.07. The van der Waals surface area contributed by atoms with Gasteiger partial charge in [-0.3, -0.25) is 4.79 Å². The van der Waals surface area contributed by atoms with Gasteiger partial charge in [0.1, 0.15) is 0 Å². The molecule has 0 atom stereocenters. The van der Waals surface area contributed by atoms with Crippen molar-refractivity contribution in [3.63, 3.8) is 0 Å². The summed E-state index contributed by atoms with van der Waals surface area (Å²) in [5, 5.41) is 4.35. The Morgan fingerprint density at radius 1 is 1.00 bits per heavy atom. The second kappa shape index (κ2) is 8.73. The third-order valence-corrected chi connectivity index (χ3v) is 3.59. The Morgan fingerprint density at radius 2 is 1.70 bits per heavy atom. The summed E-state index contributed by atoms with van der Waals surface area (Å²) in [7, 11) is 0. The number of hydrazone groups is 1. The number of benzene rings is 2. The molecule has 2 aromatic rings. The van der Waals surface area contributed by atoms with Crippen LogP contribution in [0.5, 0.6) is 0 Å². The number of hydrogen-bond acceptors (Lipinski definition) is 3. The Morgan fingerprint density at radius 3 is 2.35 bits per heavy atom. The summed E-state index contributed by atoms with van der Waals surface area (Å²) in [4.78, 5) is 12.2. The first kappa shape index (κ1) is 16.7. The fourth-order valence-electron chi connectivity index (χ4n) is 2.26. The SMILES string of the molecule is CCCCCC(=NNC(=O)c1ccc(N)cc1)c1ccccc1. The van der Waals surface area contributed by atoms with Crippen LogP contribution < -0.4 is 11.2 Å². The molecule has 0 aliphatic carbocycles. The molecule has 1 amide bonds. The average molecular weight is 309 g/mol. The van der Waals surface area contributed by atoms with Crippen molar-refractivity contribution < 1.29 is 4.79 Å². The highest BCUT2D eigenvalue weighted by Gasteiger charge is 2.07. The lowest BCUT2D eigenvalue weighted by Crippen LogP contribution is -2.20. The number of unbranched alkanes of at least 4 members (excludes halogenated alkanes) is 2. The number of nitrogen functional groups attached to an aromatic ring is 1. The number of carbonyl (C=O) groups excluding carboxylic acids is 1. The number of anilines is 1. The molecule has 0 aromatic heterocycles. The van der Waals surface area contributed by atoms with Crippen LogP contribution in [0.15, 0.2) is 59.7 Å². The maximum absolute atomic E-state index is 12.2. The summed E-state index contributed by atoms with van der Waals surface area (Å²) < 4.78 is 0. The topological polar surface area (TPSA) is 67.5 Å². The van der Waals surface area contributed by atoms with Gasteiger partial charge in [0, 0.05) is 11.3 Å². The Kier molecular flexibility index (Phi) is 6.36. The molecule has 0 bridgehead atoms. The van der Waals surface area contributed by atoms with E-state index in [0.29, 0.717) is 11.3 Å². The first-order valence-corrected chi connectivity index (χ1v) is 7.98. The van der Waals surface area contributed by atoms with Crippen LogP contribution in [0.25, 0.3) is 0 Å². The van der Waals surface area contributed by atoms with Gasteiger partial charge in [-0.05, 0) is 42.7 Å². The molecule has 120 valence electrons. The molecule has 0 fully saturated rings. The predicted octanol–water partition coefficient (Wildman–Crippen LogP) is 3.98. The van der Waals surface area contributed by atoms with Gasteiger partial charge >= 0.3 is 0 Å². The van der Waals surface area contributed by atoms with E-state index in [1.54, 1.807) is 24.3 Å². The molecule has 4 heteroatoms. The monoisotopic (exact) mass is 309 g/mol. The minimum atomic E-state index is -0.228. The summed E-state index contributed by atoms with van der Waals surface area (Å²) >= 11 is 0. The van der Waals surface area contributed by atoms with Gasteiger partial charge in [-0.15, -0.1) is 0 Å². The Labute approximate surface area is 137 Å². The molecule has 4 nitrogen and oxygen atoms in total. The minimum absolute atomic E-state index is 0.228. The van der Waals surface area contributed by atoms with Gasteiger partial charge in [-0.2, -0.15) is 5.10 Å². The maximum Gasteiger partial charge on any atom is 0.271 e. The summed E-state index contributed by atoms with van der Waals surface area (Å²) in [5.74, 6) is -0.228. The normalized spacial score (nSPS) is 11.3. The van der Waals surface area contributed by atoms with Gasteiger partial charge in [0.15, 0.2) is 0 Å². The van der Waals surface area contributed by atoms with E-state index in [1.807, 2.05) is 30.3 Å². The third-order valence-electron chi connectivity index (χ3n) is 3.59. The molecule has 0 saturated carbocycles. The van der Waals surface area contributed by atoms with Crippen molar-refractivity contribution in [2.24, 2.45) is 5.10 Å². The largest absolute Gasteiger partial charge is 0.399 e. The second-order valence-corrected chi connectivity index (χ2v) is 5.44. The van der Waals surface area contributed by atoms with Crippen LogP contribution in [0.4, 0.5) is 5.69 Å². The van der Waals surface area contributed by atoms with Crippen molar-refractivity contribution in [1.29, 1.82) is 0 Å². The van der Waals surface area contributed by atoms with Crippen LogP contribution in [-0.4, -0.2) is 11.6 Å². The van der Waals surface area contributed by atoms with Gasteiger partial charge in [0.25, 0.3) is 5.91 Å². The molecule has 2 aromatic carbocycles. The number of nitrogens with zero attached hydrogens (tertiary/aromatic N) is 1. The van der Waals surface area contributed by atoms with Gasteiger partial charge in [0.05, 0.1) is 5.71 Å². The number of nitrogens with two attached hydrogens (primary N) is 1. The zero-order valence-electron chi connectivity index (χ0n) is 13.5. The molecule has 0 aliphatic heterocycles. The standard InChI is InChI=1S/C19H23N3O/c1-2-3-5-10-18(15-8-6-4-7-9-15)21-22-19(23)16-11-13-17(20)14-12-16/h4,6-9,11-14H,2-3,5,10,20H2,1H3,(H,22,23). The van der Waals surface area contributed by atoms with Crippen molar-refractivity contribution in [2.75, 3.05) is 5.73 Å². The predicted molar refractivity (Wildman–Crippen MR) is 95.4 cm³/mol. The van der Waals surface area contributed by atoms with E-state index < -0.39 is 0 Å². The Balaban J connectivity index is 2.09. The van der Waals surface area contributed by atoms with E-state index in [-0.39, 0.29) is 5.91 Å². The van der Waals surface area contributed by atoms with Crippen LogP contribution in [-0.2, 0) is 0 Å². The summed E-state index contributed by atoms with van der Waals surface area (Å²) in [5.41, 5.74) is 11.4. The fourth-order valence-corrected chi connectivity index (χ4v) is 2.26. The van der Waals surface area contributed by atoms with Crippen LogP contribution in [0.3, 0.4) is 0 Å². The quantitative estimate of drug-likeness (QED) is 0.351. The van der Waals surface area contributed by atoms with E-state index in [0.717, 1.165) is 37.0 Å². The van der Waals surface area contributed by atoms with Crippen molar-refractivity contribution in [2.45, 2.75) is 32.6 Å². The zero-order valence-corrected chi connectivity index (χ0v) is 13.5. The molecule has 0 spiro atoms. The lowest BCUT2D eigenvalue weighted by molar-refractivity contribution is 0.0955. The van der Waals surface area contributed by atoms with Gasteiger partial charge in [-0.1, -0.05) is 50.1 Å². The van der Waals surface area contributed by atoms with E-state index in [1.165, 1.54) is 0 Å². The van der Waals surface area contributed by atoms with Gasteiger partial charge < -0.3 is 5.73 Å². The first-order valence-electron chi connectivity index (χ1n) is 7.98. The molecule has 0 saturated heterocycles. The first-order chi connectivity index (χ1) is 11.2. The molecule has 3 N–H and O–H groups in total.